The van der Waals surface area contributed by atoms with E-state index in [1.54, 1.807) is 0 Å². The van der Waals surface area contributed by atoms with E-state index in [2.05, 4.69) is 34.1 Å². The Hall–Kier alpha value is -2.10. The minimum Gasteiger partial charge on any atom is -0.367 e. The van der Waals surface area contributed by atoms with Gasteiger partial charge in [0, 0.05) is 48.9 Å². The number of para-hydroxylation sites is 1. The van der Waals surface area contributed by atoms with Crippen molar-refractivity contribution in [3.8, 4) is 0 Å². The zero-order valence-corrected chi connectivity index (χ0v) is 13.0. The third kappa shape index (κ3) is 2.43. The van der Waals surface area contributed by atoms with Crippen LogP contribution in [0.2, 0.25) is 0 Å². The fraction of sp³-hybridized carbons (Fsp3) is 0.444. The molecule has 0 spiro atoms. The first-order valence-electron chi connectivity index (χ1n) is 8.12. The highest BCUT2D eigenvalue weighted by molar-refractivity contribution is 5.92. The SMILES string of the molecule is Cc1cc(N2CCN(C(=O)C3CC3)CC2)c2ccccc2n1. The molecule has 1 saturated heterocycles. The van der Waals surface area contributed by atoms with Crippen molar-refractivity contribution in [2.75, 3.05) is 31.1 Å². The van der Waals surface area contributed by atoms with Crippen LogP contribution in [-0.2, 0) is 4.79 Å². The summed E-state index contributed by atoms with van der Waals surface area (Å²) in [5.41, 5.74) is 3.35. The number of amides is 1. The van der Waals surface area contributed by atoms with Crippen LogP contribution >= 0.6 is 0 Å². The molecule has 0 radical (unpaired) electrons. The Labute approximate surface area is 130 Å². The van der Waals surface area contributed by atoms with Crippen molar-refractivity contribution in [3.63, 3.8) is 0 Å². The molecule has 1 amide bonds. The lowest BCUT2D eigenvalue weighted by molar-refractivity contribution is -0.132. The van der Waals surface area contributed by atoms with Crippen LogP contribution in [0.3, 0.4) is 0 Å². The highest BCUT2D eigenvalue weighted by Gasteiger charge is 2.34. The van der Waals surface area contributed by atoms with Gasteiger partial charge in [0.2, 0.25) is 5.91 Å². The molecule has 22 heavy (non-hydrogen) atoms. The Bertz CT molecular complexity index is 715. The van der Waals surface area contributed by atoms with Gasteiger partial charge in [-0.15, -0.1) is 0 Å². The average molecular weight is 295 g/mol. The fourth-order valence-corrected chi connectivity index (χ4v) is 3.30. The van der Waals surface area contributed by atoms with E-state index in [9.17, 15) is 4.79 Å². The van der Waals surface area contributed by atoms with Gasteiger partial charge in [0.15, 0.2) is 0 Å². The molecule has 114 valence electrons. The topological polar surface area (TPSA) is 36.4 Å². The molecule has 2 fully saturated rings. The second kappa shape index (κ2) is 5.27. The van der Waals surface area contributed by atoms with Crippen LogP contribution in [0, 0.1) is 12.8 Å². The number of carbonyl (C=O) groups is 1. The molecule has 1 aliphatic carbocycles. The number of aryl methyl sites for hydroxylation is 1. The number of carbonyl (C=O) groups excluding carboxylic acids is 1. The predicted octanol–water partition coefficient (Wildman–Crippen LogP) is 2.60. The summed E-state index contributed by atoms with van der Waals surface area (Å²) in [6, 6.07) is 10.5. The quantitative estimate of drug-likeness (QED) is 0.854. The van der Waals surface area contributed by atoms with E-state index in [0.717, 1.165) is 50.2 Å². The van der Waals surface area contributed by atoms with Crippen molar-refractivity contribution in [1.82, 2.24) is 9.88 Å². The van der Waals surface area contributed by atoms with Crippen LogP contribution in [-0.4, -0.2) is 42.0 Å². The van der Waals surface area contributed by atoms with E-state index >= 15 is 0 Å². The summed E-state index contributed by atoms with van der Waals surface area (Å²) in [5, 5.41) is 1.20. The summed E-state index contributed by atoms with van der Waals surface area (Å²) < 4.78 is 0. The molecule has 1 aromatic heterocycles. The van der Waals surface area contributed by atoms with E-state index in [1.807, 2.05) is 17.9 Å². The molecular weight excluding hydrogens is 274 g/mol. The van der Waals surface area contributed by atoms with Gasteiger partial charge in [-0.3, -0.25) is 9.78 Å². The molecule has 2 aliphatic rings. The monoisotopic (exact) mass is 295 g/mol. The van der Waals surface area contributed by atoms with Gasteiger partial charge in [0.05, 0.1) is 5.52 Å². The fourth-order valence-electron chi connectivity index (χ4n) is 3.30. The number of anilines is 1. The molecule has 2 heterocycles. The number of fused-ring (bicyclic) bond motifs is 1. The highest BCUT2D eigenvalue weighted by atomic mass is 16.2. The zero-order chi connectivity index (χ0) is 15.1. The van der Waals surface area contributed by atoms with Crippen molar-refractivity contribution in [3.05, 3.63) is 36.0 Å². The van der Waals surface area contributed by atoms with Crippen molar-refractivity contribution in [2.24, 2.45) is 5.92 Å². The van der Waals surface area contributed by atoms with Crippen molar-refractivity contribution >= 4 is 22.5 Å². The molecule has 0 atom stereocenters. The zero-order valence-electron chi connectivity index (χ0n) is 13.0. The number of hydrogen-bond acceptors (Lipinski definition) is 3. The first kappa shape index (κ1) is 13.6. The minimum atomic E-state index is 0.329. The van der Waals surface area contributed by atoms with Crippen LogP contribution in [0.4, 0.5) is 5.69 Å². The van der Waals surface area contributed by atoms with Gasteiger partial charge in [-0.25, -0.2) is 0 Å². The van der Waals surface area contributed by atoms with Crippen molar-refractivity contribution < 1.29 is 4.79 Å². The Morgan fingerprint density at radius 2 is 1.86 bits per heavy atom. The molecule has 4 rings (SSSR count). The van der Waals surface area contributed by atoms with Gasteiger partial charge >= 0.3 is 0 Å². The summed E-state index contributed by atoms with van der Waals surface area (Å²) in [4.78, 5) is 21.2. The van der Waals surface area contributed by atoms with Crippen molar-refractivity contribution in [1.29, 1.82) is 0 Å². The lowest BCUT2D eigenvalue weighted by atomic mass is 10.1. The number of nitrogens with zero attached hydrogens (tertiary/aromatic N) is 3. The number of pyridine rings is 1. The normalized spacial score (nSPS) is 18.8. The highest BCUT2D eigenvalue weighted by Crippen LogP contribution is 2.32. The molecular formula is C18H21N3O. The van der Waals surface area contributed by atoms with Gasteiger partial charge < -0.3 is 9.80 Å². The van der Waals surface area contributed by atoms with Crippen LogP contribution < -0.4 is 4.90 Å². The Balaban J connectivity index is 1.57. The van der Waals surface area contributed by atoms with E-state index in [-0.39, 0.29) is 0 Å². The third-order valence-electron chi connectivity index (χ3n) is 4.68. The van der Waals surface area contributed by atoms with Crippen LogP contribution in [0.25, 0.3) is 10.9 Å². The summed E-state index contributed by atoms with van der Waals surface area (Å²) in [6.07, 6.45) is 2.18. The maximum Gasteiger partial charge on any atom is 0.225 e. The standard InChI is InChI=1S/C18H21N3O/c1-13-12-17(15-4-2-3-5-16(15)19-13)20-8-10-21(11-9-20)18(22)14-6-7-14/h2-5,12,14H,6-11H2,1H3. The molecule has 1 aromatic carbocycles. The summed E-state index contributed by atoms with van der Waals surface area (Å²) in [7, 11) is 0. The Kier molecular flexibility index (Phi) is 3.25. The maximum atomic E-state index is 12.2. The van der Waals surface area contributed by atoms with Crippen LogP contribution in [0.1, 0.15) is 18.5 Å². The van der Waals surface area contributed by atoms with Gasteiger partial charge in [-0.2, -0.15) is 0 Å². The molecule has 1 saturated carbocycles. The molecule has 4 nitrogen and oxygen atoms in total. The second-order valence-corrected chi connectivity index (χ2v) is 6.39. The average Bonchev–Trinajstić information content (AvgIpc) is 3.38. The van der Waals surface area contributed by atoms with E-state index < -0.39 is 0 Å². The Morgan fingerprint density at radius 1 is 1.14 bits per heavy atom. The van der Waals surface area contributed by atoms with Gasteiger partial charge in [0.1, 0.15) is 0 Å². The smallest absolute Gasteiger partial charge is 0.225 e. The Morgan fingerprint density at radius 3 is 2.59 bits per heavy atom. The second-order valence-electron chi connectivity index (χ2n) is 6.39. The molecule has 0 N–H and O–H groups in total. The molecule has 4 heteroatoms. The molecule has 2 aromatic rings. The number of rotatable bonds is 2. The molecule has 1 aliphatic heterocycles. The maximum absolute atomic E-state index is 12.2. The van der Waals surface area contributed by atoms with Gasteiger partial charge in [0.25, 0.3) is 0 Å². The summed E-state index contributed by atoms with van der Waals surface area (Å²) in [5.74, 6) is 0.700. The van der Waals surface area contributed by atoms with E-state index in [1.165, 1.54) is 11.1 Å². The number of hydrogen-bond donors (Lipinski definition) is 0. The first-order valence-corrected chi connectivity index (χ1v) is 8.12. The largest absolute Gasteiger partial charge is 0.367 e. The number of aromatic nitrogens is 1. The summed E-state index contributed by atoms with van der Waals surface area (Å²) in [6.45, 7) is 5.54. The van der Waals surface area contributed by atoms with Gasteiger partial charge in [-0.05, 0) is 31.9 Å². The molecule has 0 unspecified atom stereocenters. The minimum absolute atomic E-state index is 0.329. The van der Waals surface area contributed by atoms with Crippen LogP contribution in [0.15, 0.2) is 30.3 Å². The third-order valence-corrected chi connectivity index (χ3v) is 4.68. The predicted molar refractivity (Wildman–Crippen MR) is 88.0 cm³/mol. The molecule has 0 bridgehead atoms. The lowest BCUT2D eigenvalue weighted by Gasteiger charge is -2.36. The lowest BCUT2D eigenvalue weighted by Crippen LogP contribution is -2.49. The number of piperazine rings is 1. The van der Waals surface area contributed by atoms with Crippen LogP contribution in [0.5, 0.6) is 0 Å². The van der Waals surface area contributed by atoms with Crippen molar-refractivity contribution in [2.45, 2.75) is 19.8 Å². The van der Waals surface area contributed by atoms with E-state index in [4.69, 9.17) is 0 Å². The number of benzene rings is 1. The first-order chi connectivity index (χ1) is 10.7. The van der Waals surface area contributed by atoms with E-state index in [0.29, 0.717) is 11.8 Å². The summed E-state index contributed by atoms with van der Waals surface area (Å²) >= 11 is 0. The van der Waals surface area contributed by atoms with Gasteiger partial charge in [-0.1, -0.05) is 18.2 Å².